The van der Waals surface area contributed by atoms with Gasteiger partial charge in [-0.3, -0.25) is 4.18 Å². The van der Waals surface area contributed by atoms with E-state index in [1.54, 1.807) is 0 Å². The van der Waals surface area contributed by atoms with Gasteiger partial charge < -0.3 is 4.42 Å². The summed E-state index contributed by atoms with van der Waals surface area (Å²) in [5, 5.41) is 0. The molecule has 1 aromatic heterocycles. The number of oxazole rings is 1. The number of halogens is 3. The Morgan fingerprint density at radius 2 is 1.87 bits per heavy atom. The van der Waals surface area contributed by atoms with Crippen LogP contribution in [0.25, 0.3) is 12.2 Å². The molecule has 0 aliphatic rings. The minimum Gasteiger partial charge on any atom is -0.445 e. The fraction of sp³-hybridized carbons (Fsp3) is 0.214. The zero-order valence-electron chi connectivity index (χ0n) is 11.9. The Balaban J connectivity index is 2.02. The first kappa shape index (κ1) is 17.2. The molecule has 2 rings (SSSR count). The molecule has 0 fully saturated rings. The van der Waals surface area contributed by atoms with Gasteiger partial charge >= 0.3 is 6.18 Å². The average Bonchev–Trinajstić information content (AvgIpc) is 2.90. The largest absolute Gasteiger partial charge is 0.445 e. The summed E-state index contributed by atoms with van der Waals surface area (Å²) in [4.78, 5) is 3.96. The van der Waals surface area contributed by atoms with Crippen molar-refractivity contribution in [1.29, 1.82) is 0 Å². The molecule has 5 nitrogen and oxygen atoms in total. The Hall–Kier alpha value is -2.13. The zero-order valence-corrected chi connectivity index (χ0v) is 12.7. The van der Waals surface area contributed by atoms with E-state index in [1.807, 2.05) is 0 Å². The lowest BCUT2D eigenvalue weighted by atomic mass is 10.1. The van der Waals surface area contributed by atoms with Crippen LogP contribution in [0.3, 0.4) is 0 Å². The molecule has 124 valence electrons. The fourth-order valence-corrected chi connectivity index (χ4v) is 1.92. The molecular formula is C14H12F3NO4S. The maximum Gasteiger partial charge on any atom is 0.416 e. The molecule has 0 saturated heterocycles. The lowest BCUT2D eigenvalue weighted by Crippen LogP contribution is -2.03. The Bertz CT molecular complexity index is 792. The lowest BCUT2D eigenvalue weighted by Gasteiger charge is -2.05. The van der Waals surface area contributed by atoms with Gasteiger partial charge in [-0.25, -0.2) is 4.98 Å². The van der Waals surface area contributed by atoms with Crippen molar-refractivity contribution in [2.24, 2.45) is 0 Å². The SMILES string of the molecule is CS(=O)(=O)OCc1coc(/C=C/c2ccc(C(F)(F)F)cc2)n1. The van der Waals surface area contributed by atoms with E-state index in [4.69, 9.17) is 4.42 Å². The normalized spacial score (nSPS) is 12.9. The van der Waals surface area contributed by atoms with Gasteiger partial charge in [0.2, 0.25) is 5.89 Å². The van der Waals surface area contributed by atoms with E-state index in [0.717, 1.165) is 18.4 Å². The van der Waals surface area contributed by atoms with Crippen molar-refractivity contribution in [2.75, 3.05) is 6.26 Å². The van der Waals surface area contributed by atoms with Crippen molar-refractivity contribution < 1.29 is 30.2 Å². The van der Waals surface area contributed by atoms with Crippen molar-refractivity contribution in [1.82, 2.24) is 4.98 Å². The van der Waals surface area contributed by atoms with Crippen LogP contribution in [0.1, 0.15) is 22.7 Å². The maximum atomic E-state index is 12.4. The summed E-state index contributed by atoms with van der Waals surface area (Å²) >= 11 is 0. The highest BCUT2D eigenvalue weighted by atomic mass is 32.2. The summed E-state index contributed by atoms with van der Waals surface area (Å²) in [6.07, 6.45) is 0.745. The maximum absolute atomic E-state index is 12.4. The molecular weight excluding hydrogens is 335 g/mol. The molecule has 0 saturated carbocycles. The van der Waals surface area contributed by atoms with Crippen molar-refractivity contribution in [3.63, 3.8) is 0 Å². The molecule has 0 aliphatic carbocycles. The van der Waals surface area contributed by atoms with Crippen LogP contribution >= 0.6 is 0 Å². The summed E-state index contributed by atoms with van der Waals surface area (Å²) in [7, 11) is -3.58. The molecule has 0 bridgehead atoms. The third-order valence-electron chi connectivity index (χ3n) is 2.65. The fourth-order valence-electron chi connectivity index (χ4n) is 1.58. The molecule has 9 heteroatoms. The molecule has 0 atom stereocenters. The smallest absolute Gasteiger partial charge is 0.416 e. The van der Waals surface area contributed by atoms with Gasteiger partial charge in [0.1, 0.15) is 18.6 Å². The lowest BCUT2D eigenvalue weighted by molar-refractivity contribution is -0.137. The summed E-state index contributed by atoms with van der Waals surface area (Å²) in [6.45, 7) is -0.254. The van der Waals surface area contributed by atoms with Crippen LogP contribution in [-0.4, -0.2) is 19.7 Å². The first-order chi connectivity index (χ1) is 10.6. The molecule has 1 heterocycles. The third kappa shape index (κ3) is 5.53. The molecule has 0 spiro atoms. The highest BCUT2D eigenvalue weighted by Crippen LogP contribution is 2.29. The number of hydrogen-bond acceptors (Lipinski definition) is 5. The van der Waals surface area contributed by atoms with Crippen LogP contribution in [0.2, 0.25) is 0 Å². The Morgan fingerprint density at radius 3 is 2.43 bits per heavy atom. The summed E-state index contributed by atoms with van der Waals surface area (Å²) < 4.78 is 68.6. The molecule has 2 aromatic rings. The predicted molar refractivity (Wildman–Crippen MR) is 76.5 cm³/mol. The molecule has 1 aromatic carbocycles. The van der Waals surface area contributed by atoms with Gasteiger partial charge in [-0.05, 0) is 23.8 Å². The van der Waals surface area contributed by atoms with Gasteiger partial charge in [0.05, 0.1) is 11.8 Å². The molecule has 0 amide bonds. The van der Waals surface area contributed by atoms with Gasteiger partial charge in [0.25, 0.3) is 10.1 Å². The number of rotatable bonds is 5. The van der Waals surface area contributed by atoms with E-state index in [0.29, 0.717) is 5.56 Å². The van der Waals surface area contributed by atoms with E-state index in [9.17, 15) is 21.6 Å². The summed E-state index contributed by atoms with van der Waals surface area (Å²) in [5.41, 5.74) is 0.0820. The minimum absolute atomic E-state index is 0.178. The molecule has 0 radical (unpaired) electrons. The highest BCUT2D eigenvalue weighted by Gasteiger charge is 2.29. The predicted octanol–water partition coefficient (Wildman–Crippen LogP) is 3.34. The van der Waals surface area contributed by atoms with Crippen molar-refractivity contribution >= 4 is 22.3 Å². The third-order valence-corrected chi connectivity index (χ3v) is 3.19. The van der Waals surface area contributed by atoms with Crippen molar-refractivity contribution in [3.8, 4) is 0 Å². The second-order valence-electron chi connectivity index (χ2n) is 4.60. The number of aromatic nitrogens is 1. The second kappa shape index (κ2) is 6.55. The molecule has 23 heavy (non-hydrogen) atoms. The molecule has 0 aliphatic heterocycles. The van der Waals surface area contributed by atoms with E-state index < -0.39 is 21.9 Å². The number of nitrogens with zero attached hydrogens (tertiary/aromatic N) is 1. The Labute approximate surface area is 130 Å². The molecule has 0 unspecified atom stereocenters. The van der Waals surface area contributed by atoms with E-state index in [2.05, 4.69) is 9.17 Å². The monoisotopic (exact) mass is 347 g/mol. The second-order valence-corrected chi connectivity index (χ2v) is 6.24. The van der Waals surface area contributed by atoms with Crippen molar-refractivity contribution in [3.05, 3.63) is 53.2 Å². The minimum atomic E-state index is -4.38. The van der Waals surface area contributed by atoms with Gasteiger partial charge in [-0.15, -0.1) is 0 Å². The van der Waals surface area contributed by atoms with Crippen LogP contribution in [0.4, 0.5) is 13.2 Å². The van der Waals surface area contributed by atoms with Gasteiger partial charge in [0, 0.05) is 6.08 Å². The van der Waals surface area contributed by atoms with Crippen LogP contribution in [-0.2, 0) is 27.1 Å². The van der Waals surface area contributed by atoms with Crippen LogP contribution in [0.5, 0.6) is 0 Å². The van der Waals surface area contributed by atoms with E-state index in [-0.39, 0.29) is 18.2 Å². The first-order valence-corrected chi connectivity index (χ1v) is 8.09. The zero-order chi connectivity index (χ0) is 17.1. The van der Waals surface area contributed by atoms with Gasteiger partial charge in [-0.1, -0.05) is 12.1 Å². The summed E-state index contributed by atoms with van der Waals surface area (Å²) in [5.74, 6) is 0.178. The standard InChI is InChI=1S/C14H12F3NO4S/c1-23(19,20)22-9-12-8-21-13(18-12)7-4-10-2-5-11(6-3-10)14(15,16)17/h2-8H,9H2,1H3/b7-4+. The Kier molecular flexibility index (Phi) is 4.90. The topological polar surface area (TPSA) is 69.4 Å². The van der Waals surface area contributed by atoms with Gasteiger partial charge in [-0.2, -0.15) is 21.6 Å². The highest BCUT2D eigenvalue weighted by molar-refractivity contribution is 7.85. The number of benzene rings is 1. The number of alkyl halides is 3. The summed E-state index contributed by atoms with van der Waals surface area (Å²) in [6, 6.07) is 4.58. The quantitative estimate of drug-likeness (QED) is 0.776. The van der Waals surface area contributed by atoms with Crippen LogP contribution in [0.15, 0.2) is 34.9 Å². The van der Waals surface area contributed by atoms with Crippen molar-refractivity contribution in [2.45, 2.75) is 12.8 Å². The van der Waals surface area contributed by atoms with Crippen LogP contribution < -0.4 is 0 Å². The molecule has 0 N–H and O–H groups in total. The average molecular weight is 347 g/mol. The van der Waals surface area contributed by atoms with Crippen LogP contribution in [0, 0.1) is 0 Å². The Morgan fingerprint density at radius 1 is 1.22 bits per heavy atom. The first-order valence-electron chi connectivity index (χ1n) is 6.28. The van der Waals surface area contributed by atoms with E-state index >= 15 is 0 Å². The van der Waals surface area contributed by atoms with Gasteiger partial charge in [0.15, 0.2) is 0 Å². The number of hydrogen-bond donors (Lipinski definition) is 0. The van der Waals surface area contributed by atoms with E-state index in [1.165, 1.54) is 30.5 Å².